The van der Waals surface area contributed by atoms with E-state index in [4.69, 9.17) is 0 Å². The number of aromatic nitrogens is 1. The van der Waals surface area contributed by atoms with Gasteiger partial charge >= 0.3 is 0 Å². The fourth-order valence-corrected chi connectivity index (χ4v) is 2.36. The molecular formula is C15H24FN3. The minimum Gasteiger partial charge on any atom is -0.378 e. The molecule has 2 rings (SSSR count). The second kappa shape index (κ2) is 5.45. The Labute approximate surface area is 115 Å². The average Bonchev–Trinajstić information content (AvgIpc) is 2.32. The van der Waals surface area contributed by atoms with E-state index in [1.807, 2.05) is 18.1 Å². The fraction of sp³-hybridized carbons (Fsp3) is 0.667. The van der Waals surface area contributed by atoms with Crippen molar-refractivity contribution >= 4 is 5.69 Å². The Bertz CT molecular complexity index is 428. The molecule has 1 aromatic heterocycles. The van der Waals surface area contributed by atoms with E-state index in [2.05, 4.69) is 37.1 Å². The summed E-state index contributed by atoms with van der Waals surface area (Å²) in [6, 6.07) is 1.98. The maximum Gasteiger partial charge on any atom is 0.133 e. The van der Waals surface area contributed by atoms with Gasteiger partial charge in [-0.05, 0) is 30.5 Å². The van der Waals surface area contributed by atoms with Crippen LogP contribution in [0.5, 0.6) is 0 Å². The molecule has 19 heavy (non-hydrogen) atoms. The van der Waals surface area contributed by atoms with Crippen LogP contribution in [0.25, 0.3) is 0 Å². The predicted octanol–water partition coefficient (Wildman–Crippen LogP) is 2.83. The van der Waals surface area contributed by atoms with Gasteiger partial charge in [-0.3, -0.25) is 4.98 Å². The summed E-state index contributed by atoms with van der Waals surface area (Å²) in [6.07, 6.45) is 3.67. The molecule has 1 saturated heterocycles. The SMILES string of the molecule is CN1CCC(Nc2cncc(C(C)(C)C)c2)[C@@H](F)C1. The molecule has 0 amide bonds. The average molecular weight is 265 g/mol. The molecule has 0 radical (unpaired) electrons. The Balaban J connectivity index is 2.07. The molecule has 106 valence electrons. The molecule has 1 aliphatic heterocycles. The summed E-state index contributed by atoms with van der Waals surface area (Å²) in [5, 5.41) is 3.30. The summed E-state index contributed by atoms with van der Waals surface area (Å²) in [4.78, 5) is 6.30. The van der Waals surface area contributed by atoms with Crippen molar-refractivity contribution < 1.29 is 4.39 Å². The van der Waals surface area contributed by atoms with Crippen LogP contribution in [0.15, 0.2) is 18.5 Å². The first kappa shape index (κ1) is 14.3. The van der Waals surface area contributed by atoms with Crippen molar-refractivity contribution in [3.05, 3.63) is 24.0 Å². The number of likely N-dealkylation sites (tertiary alicyclic amines) is 1. The molecule has 1 aliphatic rings. The largest absolute Gasteiger partial charge is 0.378 e. The van der Waals surface area contributed by atoms with Gasteiger partial charge in [0.05, 0.1) is 11.7 Å². The lowest BCUT2D eigenvalue weighted by Crippen LogP contribution is -2.46. The topological polar surface area (TPSA) is 28.2 Å². The Morgan fingerprint density at radius 1 is 1.37 bits per heavy atom. The number of hydrogen-bond donors (Lipinski definition) is 1. The quantitative estimate of drug-likeness (QED) is 0.891. The summed E-state index contributed by atoms with van der Waals surface area (Å²) < 4.78 is 14.0. The molecule has 2 heterocycles. The molecule has 0 bridgehead atoms. The zero-order valence-electron chi connectivity index (χ0n) is 12.3. The highest BCUT2D eigenvalue weighted by atomic mass is 19.1. The summed E-state index contributed by atoms with van der Waals surface area (Å²) in [7, 11) is 1.96. The van der Waals surface area contributed by atoms with E-state index >= 15 is 0 Å². The van der Waals surface area contributed by atoms with Crippen molar-refractivity contribution in [2.75, 3.05) is 25.5 Å². The molecule has 0 saturated carbocycles. The first-order valence-electron chi connectivity index (χ1n) is 6.91. The molecule has 3 nitrogen and oxygen atoms in total. The maximum absolute atomic E-state index is 14.0. The number of rotatable bonds is 2. The van der Waals surface area contributed by atoms with E-state index in [0.717, 1.165) is 18.7 Å². The number of alkyl halides is 1. The van der Waals surface area contributed by atoms with Crippen molar-refractivity contribution in [2.45, 2.75) is 44.8 Å². The van der Waals surface area contributed by atoms with Crippen LogP contribution in [0.1, 0.15) is 32.8 Å². The van der Waals surface area contributed by atoms with Crippen LogP contribution in [0.4, 0.5) is 10.1 Å². The predicted molar refractivity (Wildman–Crippen MR) is 77.4 cm³/mol. The van der Waals surface area contributed by atoms with Gasteiger partial charge in [-0.25, -0.2) is 4.39 Å². The lowest BCUT2D eigenvalue weighted by Gasteiger charge is -2.33. The smallest absolute Gasteiger partial charge is 0.133 e. The number of nitrogens with one attached hydrogen (secondary N) is 1. The summed E-state index contributed by atoms with van der Waals surface area (Å²) in [6.45, 7) is 7.90. The fourth-order valence-electron chi connectivity index (χ4n) is 2.36. The number of hydrogen-bond acceptors (Lipinski definition) is 3. The van der Waals surface area contributed by atoms with E-state index in [0.29, 0.717) is 6.54 Å². The second-order valence-electron chi connectivity index (χ2n) is 6.53. The van der Waals surface area contributed by atoms with Gasteiger partial charge in [-0.15, -0.1) is 0 Å². The van der Waals surface area contributed by atoms with Crippen LogP contribution in [0, 0.1) is 0 Å². The zero-order chi connectivity index (χ0) is 14.0. The third-order valence-electron chi connectivity index (χ3n) is 3.70. The number of halogens is 1. The Kier molecular flexibility index (Phi) is 4.09. The van der Waals surface area contributed by atoms with Gasteiger partial charge in [0.15, 0.2) is 0 Å². The molecule has 0 spiro atoms. The standard InChI is InChI=1S/C15H24FN3/c1-15(2,3)11-7-12(9-17-8-11)18-14-5-6-19(4)10-13(14)16/h7-9,13-14,18H,5-6,10H2,1-4H3/t13-,14?/m0/s1. The van der Waals surface area contributed by atoms with Gasteiger partial charge in [0.1, 0.15) is 6.17 Å². The molecule has 2 atom stereocenters. The van der Waals surface area contributed by atoms with Gasteiger partial charge in [0.2, 0.25) is 0 Å². The number of piperidine rings is 1. The molecule has 4 heteroatoms. The van der Waals surface area contributed by atoms with Crippen LogP contribution in [0.3, 0.4) is 0 Å². The van der Waals surface area contributed by atoms with E-state index in [1.165, 1.54) is 5.56 Å². The first-order chi connectivity index (χ1) is 8.86. The maximum atomic E-state index is 14.0. The van der Waals surface area contributed by atoms with Crippen molar-refractivity contribution in [1.82, 2.24) is 9.88 Å². The van der Waals surface area contributed by atoms with E-state index in [-0.39, 0.29) is 11.5 Å². The van der Waals surface area contributed by atoms with Gasteiger partial charge in [-0.1, -0.05) is 20.8 Å². The monoisotopic (exact) mass is 265 g/mol. The Morgan fingerprint density at radius 3 is 2.74 bits per heavy atom. The highest BCUT2D eigenvalue weighted by Crippen LogP contribution is 2.25. The molecule has 0 aliphatic carbocycles. The minimum absolute atomic E-state index is 0.0621. The van der Waals surface area contributed by atoms with E-state index in [9.17, 15) is 4.39 Å². The lowest BCUT2D eigenvalue weighted by molar-refractivity contribution is 0.149. The highest BCUT2D eigenvalue weighted by molar-refractivity contribution is 5.45. The number of pyridine rings is 1. The molecule has 1 N–H and O–H groups in total. The van der Waals surface area contributed by atoms with Crippen molar-refractivity contribution in [2.24, 2.45) is 0 Å². The van der Waals surface area contributed by atoms with Crippen LogP contribution < -0.4 is 5.32 Å². The van der Waals surface area contributed by atoms with Crippen LogP contribution in [-0.4, -0.2) is 42.2 Å². The lowest BCUT2D eigenvalue weighted by atomic mass is 9.88. The van der Waals surface area contributed by atoms with E-state index in [1.54, 1.807) is 6.20 Å². The first-order valence-corrected chi connectivity index (χ1v) is 6.91. The Morgan fingerprint density at radius 2 is 2.11 bits per heavy atom. The number of nitrogens with zero attached hydrogens (tertiary/aromatic N) is 2. The summed E-state index contributed by atoms with van der Waals surface area (Å²) in [5.74, 6) is 0. The van der Waals surface area contributed by atoms with Gasteiger partial charge in [-0.2, -0.15) is 0 Å². The minimum atomic E-state index is -0.822. The summed E-state index contributed by atoms with van der Waals surface area (Å²) >= 11 is 0. The highest BCUT2D eigenvalue weighted by Gasteiger charge is 2.27. The third-order valence-corrected chi connectivity index (χ3v) is 3.70. The molecule has 1 unspecified atom stereocenters. The van der Waals surface area contributed by atoms with Crippen molar-refractivity contribution in [1.29, 1.82) is 0 Å². The normalized spacial score (nSPS) is 25.3. The van der Waals surface area contributed by atoms with Crippen molar-refractivity contribution in [3.8, 4) is 0 Å². The van der Waals surface area contributed by atoms with Gasteiger partial charge in [0.25, 0.3) is 0 Å². The molecule has 0 aromatic carbocycles. The molecule has 1 fully saturated rings. The van der Waals surface area contributed by atoms with E-state index < -0.39 is 6.17 Å². The molecular weight excluding hydrogens is 241 g/mol. The zero-order valence-corrected chi connectivity index (χ0v) is 12.3. The van der Waals surface area contributed by atoms with Crippen LogP contribution >= 0.6 is 0 Å². The van der Waals surface area contributed by atoms with Gasteiger partial charge < -0.3 is 10.2 Å². The molecule has 1 aromatic rings. The Hall–Kier alpha value is -1.16. The second-order valence-corrected chi connectivity index (χ2v) is 6.53. The summed E-state index contributed by atoms with van der Waals surface area (Å²) in [5.41, 5.74) is 2.15. The number of anilines is 1. The third kappa shape index (κ3) is 3.66. The van der Waals surface area contributed by atoms with Gasteiger partial charge in [0, 0.05) is 25.5 Å². The van der Waals surface area contributed by atoms with Crippen LogP contribution in [0.2, 0.25) is 0 Å². The van der Waals surface area contributed by atoms with Crippen molar-refractivity contribution in [3.63, 3.8) is 0 Å². The van der Waals surface area contributed by atoms with Crippen LogP contribution in [-0.2, 0) is 5.41 Å².